The third kappa shape index (κ3) is 2.20. The Morgan fingerprint density at radius 2 is 1.48 bits per heavy atom. The van der Waals surface area contributed by atoms with Crippen molar-refractivity contribution in [3.63, 3.8) is 0 Å². The molecule has 118 valence electrons. The summed E-state index contributed by atoms with van der Waals surface area (Å²) in [5.74, 6) is 0.0948. The molecular weight excluding hydrogens is 263 g/mol. The number of hydrogen-bond donors (Lipinski definition) is 0. The molecule has 0 saturated heterocycles. The van der Waals surface area contributed by atoms with E-state index in [1.54, 1.807) is 0 Å². The minimum absolute atomic E-state index is 0.0948. The van der Waals surface area contributed by atoms with E-state index in [2.05, 4.69) is 13.8 Å². The van der Waals surface area contributed by atoms with Crippen molar-refractivity contribution in [1.82, 2.24) is 0 Å². The van der Waals surface area contributed by atoms with Gasteiger partial charge in [-0.15, -0.1) is 0 Å². The van der Waals surface area contributed by atoms with Gasteiger partial charge in [-0.05, 0) is 81.1 Å². The molecule has 0 spiro atoms. The lowest BCUT2D eigenvalue weighted by Crippen LogP contribution is -2.48. The van der Waals surface area contributed by atoms with Crippen molar-refractivity contribution in [1.29, 1.82) is 0 Å². The molecule has 21 heavy (non-hydrogen) atoms. The molecule has 0 aromatic carbocycles. The molecule has 6 aliphatic carbocycles. The second-order valence-electron chi connectivity index (χ2n) is 9.22. The first-order chi connectivity index (χ1) is 9.87. The van der Waals surface area contributed by atoms with E-state index >= 15 is 0 Å². The topological polar surface area (TPSA) is 9.23 Å². The Morgan fingerprint density at radius 1 is 0.905 bits per heavy atom. The maximum Gasteiger partial charge on any atom is 0.105 e. The molecule has 1 nitrogen and oxygen atoms in total. The van der Waals surface area contributed by atoms with Crippen molar-refractivity contribution >= 4 is 0 Å². The predicted octanol–water partition coefficient (Wildman–Crippen LogP) is 5.55. The van der Waals surface area contributed by atoms with Crippen LogP contribution < -0.4 is 0 Å². The normalized spacial score (nSPS) is 52.0. The number of halogens is 1. The minimum Gasteiger partial charge on any atom is -0.370 e. The van der Waals surface area contributed by atoms with Crippen molar-refractivity contribution in [2.75, 3.05) is 6.61 Å². The zero-order chi connectivity index (χ0) is 14.8. The summed E-state index contributed by atoms with van der Waals surface area (Å²) in [5, 5.41) is 0. The Bertz CT molecular complexity index is 445. The third-order valence-corrected chi connectivity index (χ3v) is 7.61. The van der Waals surface area contributed by atoms with Gasteiger partial charge in [0.25, 0.3) is 0 Å². The maximum atomic E-state index is 14.3. The van der Waals surface area contributed by atoms with Gasteiger partial charge in [-0.2, -0.15) is 0 Å². The molecule has 0 aromatic heterocycles. The summed E-state index contributed by atoms with van der Waals surface area (Å²) in [6.07, 6.45) is 13.9. The van der Waals surface area contributed by atoms with E-state index in [1.807, 2.05) is 6.08 Å². The highest BCUT2D eigenvalue weighted by Gasteiger charge is 2.51. The van der Waals surface area contributed by atoms with E-state index in [0.717, 1.165) is 32.3 Å². The molecule has 4 bridgehead atoms. The van der Waals surface area contributed by atoms with Crippen molar-refractivity contribution in [2.24, 2.45) is 16.2 Å². The highest BCUT2D eigenvalue weighted by atomic mass is 19.1. The molecule has 0 N–H and O–H groups in total. The summed E-state index contributed by atoms with van der Waals surface area (Å²) in [7, 11) is 0. The number of hydrogen-bond acceptors (Lipinski definition) is 1. The minimum atomic E-state index is -0.269. The quantitative estimate of drug-likeness (QED) is 0.662. The first-order valence-electron chi connectivity index (χ1n) is 8.90. The van der Waals surface area contributed by atoms with Crippen LogP contribution in [0.5, 0.6) is 0 Å². The van der Waals surface area contributed by atoms with Crippen molar-refractivity contribution in [3.05, 3.63) is 11.9 Å². The molecule has 4 saturated carbocycles. The molecule has 4 fully saturated rings. The van der Waals surface area contributed by atoms with Gasteiger partial charge in [-0.3, -0.25) is 0 Å². The predicted molar refractivity (Wildman–Crippen MR) is 82.7 cm³/mol. The van der Waals surface area contributed by atoms with Gasteiger partial charge in [0.05, 0.1) is 12.2 Å². The number of fused-ring (bicyclic) bond motifs is 5. The number of rotatable bonds is 3. The Hall–Kier alpha value is -0.370. The monoisotopic (exact) mass is 292 g/mol. The summed E-state index contributed by atoms with van der Waals surface area (Å²) >= 11 is 0. The highest BCUT2D eigenvalue weighted by molar-refractivity contribution is 5.23. The molecule has 0 radical (unpaired) electrons. The van der Waals surface area contributed by atoms with Crippen LogP contribution in [0.2, 0.25) is 0 Å². The largest absolute Gasteiger partial charge is 0.370 e. The molecule has 6 aliphatic rings. The van der Waals surface area contributed by atoms with Crippen LogP contribution >= 0.6 is 0 Å². The molecule has 0 amide bonds. The Morgan fingerprint density at radius 3 is 2.00 bits per heavy atom. The Labute approximate surface area is 128 Å². The Kier molecular flexibility index (Phi) is 2.94. The summed E-state index contributed by atoms with van der Waals surface area (Å²) in [6, 6.07) is 0. The van der Waals surface area contributed by atoms with Gasteiger partial charge in [0.2, 0.25) is 0 Å². The van der Waals surface area contributed by atoms with Crippen LogP contribution in [0, 0.1) is 16.2 Å². The van der Waals surface area contributed by atoms with E-state index in [-0.39, 0.29) is 16.8 Å². The van der Waals surface area contributed by atoms with Crippen LogP contribution in [-0.2, 0) is 4.74 Å². The average molecular weight is 292 g/mol. The maximum absolute atomic E-state index is 14.3. The second-order valence-corrected chi connectivity index (χ2v) is 9.22. The molecule has 6 rings (SSSR count). The lowest BCUT2D eigenvalue weighted by Gasteiger charge is -2.54. The molecule has 0 aliphatic heterocycles. The summed E-state index contributed by atoms with van der Waals surface area (Å²) < 4.78 is 20.7. The van der Waals surface area contributed by atoms with Crippen molar-refractivity contribution in [2.45, 2.75) is 83.7 Å². The van der Waals surface area contributed by atoms with Gasteiger partial charge in [-0.25, -0.2) is 4.39 Å². The number of allylic oxidation sites excluding steroid dienone is 1. The van der Waals surface area contributed by atoms with Crippen molar-refractivity contribution in [3.8, 4) is 0 Å². The standard InChI is InChI=1S/C19H29FO/c1-16-3-8-18(9-4-16,10-5-16)14-21-19-11-6-17(2,7-12-19)15(20)13-19/h13H,3-12,14H2,1-2H3. The van der Waals surface area contributed by atoms with E-state index in [1.165, 1.54) is 38.5 Å². The smallest absolute Gasteiger partial charge is 0.105 e. The lowest BCUT2D eigenvalue weighted by atomic mass is 9.54. The average Bonchev–Trinajstić information content (AvgIpc) is 2.49. The summed E-state index contributed by atoms with van der Waals surface area (Å²) in [5.41, 5.74) is 0.578. The molecule has 0 aromatic rings. The lowest BCUT2D eigenvalue weighted by molar-refractivity contribution is -0.129. The number of ether oxygens (including phenoxy) is 1. The zero-order valence-corrected chi connectivity index (χ0v) is 13.6. The highest BCUT2D eigenvalue weighted by Crippen LogP contribution is 2.58. The van der Waals surface area contributed by atoms with Gasteiger partial charge < -0.3 is 4.74 Å². The third-order valence-electron chi connectivity index (χ3n) is 7.61. The van der Waals surface area contributed by atoms with Gasteiger partial charge in [0, 0.05) is 5.41 Å². The summed E-state index contributed by atoms with van der Waals surface area (Å²) in [6.45, 7) is 5.39. The first-order valence-corrected chi connectivity index (χ1v) is 8.90. The van der Waals surface area contributed by atoms with Crippen LogP contribution in [0.1, 0.15) is 78.1 Å². The van der Waals surface area contributed by atoms with E-state index in [4.69, 9.17) is 4.74 Å². The second kappa shape index (κ2) is 4.34. The Balaban J connectivity index is 1.46. The van der Waals surface area contributed by atoms with Crippen LogP contribution in [0.25, 0.3) is 0 Å². The van der Waals surface area contributed by atoms with Crippen molar-refractivity contribution < 1.29 is 9.13 Å². The fraction of sp³-hybridized carbons (Fsp3) is 0.895. The van der Waals surface area contributed by atoms with Crippen LogP contribution in [0.15, 0.2) is 11.9 Å². The molecule has 0 atom stereocenters. The van der Waals surface area contributed by atoms with Gasteiger partial charge in [0.15, 0.2) is 0 Å². The molecule has 0 unspecified atom stereocenters. The van der Waals surface area contributed by atoms with Gasteiger partial charge >= 0.3 is 0 Å². The fourth-order valence-corrected chi connectivity index (χ4v) is 5.16. The summed E-state index contributed by atoms with van der Waals surface area (Å²) in [4.78, 5) is 0. The molecule has 0 heterocycles. The van der Waals surface area contributed by atoms with Crippen LogP contribution in [-0.4, -0.2) is 12.2 Å². The van der Waals surface area contributed by atoms with Crippen LogP contribution in [0.4, 0.5) is 4.39 Å². The van der Waals surface area contributed by atoms with E-state index < -0.39 is 0 Å². The van der Waals surface area contributed by atoms with Crippen LogP contribution in [0.3, 0.4) is 0 Å². The van der Waals surface area contributed by atoms with E-state index in [0.29, 0.717) is 10.8 Å². The molecule has 2 heteroatoms. The zero-order valence-electron chi connectivity index (χ0n) is 13.6. The molecular formula is C19H29FO. The SMILES string of the molecule is CC12CCC(COC34C=C(F)C(C)(CC3)CC4)(CC1)CC2. The van der Waals surface area contributed by atoms with Gasteiger partial charge in [0.1, 0.15) is 5.83 Å². The first kappa shape index (κ1) is 14.2. The fourth-order valence-electron chi connectivity index (χ4n) is 5.16. The van der Waals surface area contributed by atoms with Gasteiger partial charge in [-0.1, -0.05) is 13.8 Å². The van der Waals surface area contributed by atoms with E-state index in [9.17, 15) is 4.39 Å².